The number of hydrogen-bond donors (Lipinski definition) is 2. The maximum absolute atomic E-state index is 12.2. The van der Waals surface area contributed by atoms with E-state index in [4.69, 9.17) is 0 Å². The van der Waals surface area contributed by atoms with Crippen molar-refractivity contribution in [2.45, 2.75) is 33.3 Å². The highest BCUT2D eigenvalue weighted by Gasteiger charge is 2.32. The molecule has 0 saturated carbocycles. The lowest BCUT2D eigenvalue weighted by molar-refractivity contribution is -0.140. The Hall–Kier alpha value is -0.610. The average Bonchev–Trinajstić information content (AvgIpc) is 2.08. The zero-order valence-electron chi connectivity index (χ0n) is 10.8. The van der Waals surface area contributed by atoms with Crippen LogP contribution in [0.5, 0.6) is 0 Å². The van der Waals surface area contributed by atoms with Gasteiger partial charge in [-0.05, 0) is 39.8 Å². The van der Waals surface area contributed by atoms with Gasteiger partial charge in [-0.25, -0.2) is 0 Å². The monoisotopic (exact) mass is 228 g/mol. The summed E-state index contributed by atoms with van der Waals surface area (Å²) in [5, 5.41) is 12.9. The van der Waals surface area contributed by atoms with Crippen LogP contribution in [0.15, 0.2) is 0 Å². The van der Waals surface area contributed by atoms with Crippen LogP contribution in [0.4, 0.5) is 0 Å². The molecule has 1 amide bonds. The van der Waals surface area contributed by atoms with Crippen LogP contribution in [0.3, 0.4) is 0 Å². The summed E-state index contributed by atoms with van der Waals surface area (Å²) < 4.78 is 0. The molecule has 0 aromatic carbocycles. The van der Waals surface area contributed by atoms with Crippen molar-refractivity contribution < 1.29 is 9.90 Å². The average molecular weight is 228 g/mol. The van der Waals surface area contributed by atoms with E-state index in [-0.39, 0.29) is 11.8 Å². The molecule has 0 aliphatic carbocycles. The van der Waals surface area contributed by atoms with Crippen molar-refractivity contribution in [2.75, 3.05) is 26.2 Å². The van der Waals surface area contributed by atoms with Crippen molar-refractivity contribution in [2.24, 2.45) is 11.8 Å². The number of carbonyl (C=O) groups excluding carboxylic acids is 1. The van der Waals surface area contributed by atoms with Crippen molar-refractivity contribution in [3.63, 3.8) is 0 Å². The van der Waals surface area contributed by atoms with Crippen LogP contribution in [0.1, 0.15) is 27.7 Å². The molecule has 0 aromatic heterocycles. The summed E-state index contributed by atoms with van der Waals surface area (Å²) >= 11 is 0. The summed E-state index contributed by atoms with van der Waals surface area (Å²) in [5.41, 5.74) is -0.816. The SMILES string of the molecule is CCN(CC(C)(C)O)C(=O)C(C)C1CNC1. The molecule has 0 radical (unpaired) electrons. The number of amides is 1. The molecule has 94 valence electrons. The minimum absolute atomic E-state index is 0.0588. The second kappa shape index (κ2) is 5.15. The molecule has 1 unspecified atom stereocenters. The molecule has 0 aromatic rings. The van der Waals surface area contributed by atoms with Gasteiger partial charge in [0, 0.05) is 19.0 Å². The summed E-state index contributed by atoms with van der Waals surface area (Å²) in [6, 6.07) is 0. The first kappa shape index (κ1) is 13.5. The van der Waals surface area contributed by atoms with Crippen LogP contribution < -0.4 is 5.32 Å². The van der Waals surface area contributed by atoms with E-state index < -0.39 is 5.60 Å². The lowest BCUT2D eigenvalue weighted by atomic mass is 9.87. The van der Waals surface area contributed by atoms with E-state index in [0.29, 0.717) is 19.0 Å². The summed E-state index contributed by atoms with van der Waals surface area (Å²) in [4.78, 5) is 13.9. The number of carbonyl (C=O) groups is 1. The minimum Gasteiger partial charge on any atom is -0.389 e. The second-order valence-electron chi connectivity index (χ2n) is 5.37. The van der Waals surface area contributed by atoms with E-state index >= 15 is 0 Å². The van der Waals surface area contributed by atoms with Crippen molar-refractivity contribution >= 4 is 5.91 Å². The lowest BCUT2D eigenvalue weighted by Gasteiger charge is -2.36. The summed E-state index contributed by atoms with van der Waals surface area (Å²) in [6.45, 7) is 10.4. The Bertz CT molecular complexity index is 244. The summed E-state index contributed by atoms with van der Waals surface area (Å²) in [6.07, 6.45) is 0. The van der Waals surface area contributed by atoms with Crippen molar-refractivity contribution in [1.29, 1.82) is 0 Å². The van der Waals surface area contributed by atoms with Gasteiger partial charge >= 0.3 is 0 Å². The Kier molecular flexibility index (Phi) is 4.33. The van der Waals surface area contributed by atoms with Crippen LogP contribution in [0.2, 0.25) is 0 Å². The summed E-state index contributed by atoms with van der Waals surface area (Å²) in [5.74, 6) is 0.683. The van der Waals surface area contributed by atoms with Gasteiger partial charge in [-0.2, -0.15) is 0 Å². The molecular formula is C12H24N2O2. The number of aliphatic hydroxyl groups is 1. The third kappa shape index (κ3) is 3.46. The molecule has 1 heterocycles. The third-order valence-corrected chi connectivity index (χ3v) is 3.18. The molecule has 0 bridgehead atoms. The first-order valence-corrected chi connectivity index (χ1v) is 6.07. The van der Waals surface area contributed by atoms with Gasteiger partial charge in [-0.15, -0.1) is 0 Å². The van der Waals surface area contributed by atoms with Gasteiger partial charge in [0.15, 0.2) is 0 Å². The van der Waals surface area contributed by atoms with Crippen LogP contribution >= 0.6 is 0 Å². The number of hydrogen-bond acceptors (Lipinski definition) is 3. The zero-order chi connectivity index (χ0) is 12.3. The smallest absolute Gasteiger partial charge is 0.225 e. The lowest BCUT2D eigenvalue weighted by Crippen LogP contribution is -2.52. The Balaban J connectivity index is 2.54. The molecule has 1 atom stereocenters. The molecule has 16 heavy (non-hydrogen) atoms. The molecule has 1 saturated heterocycles. The number of nitrogens with zero attached hydrogens (tertiary/aromatic N) is 1. The highest BCUT2D eigenvalue weighted by atomic mass is 16.3. The predicted molar refractivity (Wildman–Crippen MR) is 64.1 cm³/mol. The fraction of sp³-hybridized carbons (Fsp3) is 0.917. The Morgan fingerprint density at radius 2 is 2.12 bits per heavy atom. The molecule has 2 N–H and O–H groups in total. The fourth-order valence-corrected chi connectivity index (χ4v) is 1.97. The minimum atomic E-state index is -0.816. The third-order valence-electron chi connectivity index (χ3n) is 3.18. The Morgan fingerprint density at radius 3 is 2.44 bits per heavy atom. The van der Waals surface area contributed by atoms with Gasteiger partial charge in [0.25, 0.3) is 0 Å². The van der Waals surface area contributed by atoms with Crippen molar-refractivity contribution in [3.8, 4) is 0 Å². The molecule has 0 spiro atoms. The van der Waals surface area contributed by atoms with E-state index in [2.05, 4.69) is 5.32 Å². The van der Waals surface area contributed by atoms with Crippen molar-refractivity contribution in [1.82, 2.24) is 10.2 Å². The highest BCUT2D eigenvalue weighted by molar-refractivity contribution is 5.79. The van der Waals surface area contributed by atoms with Crippen LogP contribution in [0, 0.1) is 11.8 Å². The van der Waals surface area contributed by atoms with Gasteiger partial charge in [0.1, 0.15) is 0 Å². The number of likely N-dealkylation sites (N-methyl/N-ethyl adjacent to an activating group) is 1. The first-order chi connectivity index (χ1) is 7.35. The largest absolute Gasteiger partial charge is 0.389 e. The topological polar surface area (TPSA) is 52.6 Å². The maximum Gasteiger partial charge on any atom is 0.225 e. The van der Waals surface area contributed by atoms with Gasteiger partial charge in [-0.3, -0.25) is 4.79 Å². The molecule has 1 aliphatic heterocycles. The van der Waals surface area contributed by atoms with E-state index in [0.717, 1.165) is 13.1 Å². The van der Waals surface area contributed by atoms with Crippen LogP contribution in [0.25, 0.3) is 0 Å². The van der Waals surface area contributed by atoms with Crippen LogP contribution in [-0.2, 0) is 4.79 Å². The van der Waals surface area contributed by atoms with Gasteiger partial charge in [-0.1, -0.05) is 6.92 Å². The predicted octanol–water partition coefficient (Wildman–Crippen LogP) is 0.461. The fourth-order valence-electron chi connectivity index (χ4n) is 1.97. The standard InChI is InChI=1S/C12H24N2O2/c1-5-14(8-12(3,4)16)11(15)9(2)10-6-13-7-10/h9-10,13,16H,5-8H2,1-4H3. The highest BCUT2D eigenvalue weighted by Crippen LogP contribution is 2.19. The van der Waals surface area contributed by atoms with Gasteiger partial charge < -0.3 is 15.3 Å². The van der Waals surface area contributed by atoms with E-state index in [1.54, 1.807) is 18.7 Å². The van der Waals surface area contributed by atoms with E-state index in [9.17, 15) is 9.90 Å². The first-order valence-electron chi connectivity index (χ1n) is 6.07. The number of rotatable bonds is 5. The van der Waals surface area contributed by atoms with E-state index in [1.807, 2.05) is 13.8 Å². The van der Waals surface area contributed by atoms with E-state index in [1.165, 1.54) is 0 Å². The molecule has 4 heteroatoms. The Morgan fingerprint density at radius 1 is 1.56 bits per heavy atom. The quantitative estimate of drug-likeness (QED) is 0.719. The van der Waals surface area contributed by atoms with Crippen molar-refractivity contribution in [3.05, 3.63) is 0 Å². The summed E-state index contributed by atoms with van der Waals surface area (Å²) in [7, 11) is 0. The Labute approximate surface area is 98.0 Å². The number of nitrogens with one attached hydrogen (secondary N) is 1. The zero-order valence-corrected chi connectivity index (χ0v) is 10.8. The molecule has 1 fully saturated rings. The van der Waals surface area contributed by atoms with Crippen LogP contribution in [-0.4, -0.2) is 47.7 Å². The van der Waals surface area contributed by atoms with Gasteiger partial charge in [0.05, 0.1) is 5.60 Å². The molecular weight excluding hydrogens is 204 g/mol. The van der Waals surface area contributed by atoms with Gasteiger partial charge in [0.2, 0.25) is 5.91 Å². The molecule has 1 aliphatic rings. The normalized spacial score (nSPS) is 19.1. The maximum atomic E-state index is 12.2. The molecule has 4 nitrogen and oxygen atoms in total. The molecule has 1 rings (SSSR count). The second-order valence-corrected chi connectivity index (χ2v) is 5.37.